The van der Waals surface area contributed by atoms with Crippen molar-refractivity contribution in [3.8, 4) is 0 Å². The molecule has 0 saturated heterocycles. The molecule has 0 aliphatic carbocycles. The van der Waals surface area contributed by atoms with Crippen LogP contribution >= 0.6 is 12.2 Å². The van der Waals surface area contributed by atoms with Gasteiger partial charge in [0, 0.05) is 20.8 Å². The van der Waals surface area contributed by atoms with Gasteiger partial charge in [0.1, 0.15) is 4.99 Å². The molecule has 0 spiro atoms. The van der Waals surface area contributed by atoms with Crippen LogP contribution in [0.3, 0.4) is 0 Å². The van der Waals surface area contributed by atoms with E-state index in [1.807, 2.05) is 13.8 Å². The molecule has 3 N–H and O–H groups in total. The molecule has 0 aliphatic heterocycles. The summed E-state index contributed by atoms with van der Waals surface area (Å²) in [4.78, 5) is 0.304. The Balaban J connectivity index is 2.89. The molecule has 0 aromatic carbocycles. The number of nitrogens with zero attached hydrogens (tertiary/aromatic N) is 2. The molecule has 6 nitrogen and oxygen atoms in total. The van der Waals surface area contributed by atoms with E-state index in [-0.39, 0.29) is 6.10 Å². The van der Waals surface area contributed by atoms with E-state index in [2.05, 4.69) is 15.5 Å². The van der Waals surface area contributed by atoms with Crippen LogP contribution in [0.5, 0.6) is 0 Å². The lowest BCUT2D eigenvalue weighted by molar-refractivity contribution is 0.0365. The zero-order valence-corrected chi connectivity index (χ0v) is 12.5. The van der Waals surface area contributed by atoms with Gasteiger partial charge in [-0.3, -0.25) is 0 Å². The molecule has 1 heterocycles. The average Bonchev–Trinajstić information content (AvgIpc) is 2.37. The molecule has 0 amide bonds. The van der Waals surface area contributed by atoms with Gasteiger partial charge in [0.25, 0.3) is 0 Å². The third-order valence-corrected chi connectivity index (χ3v) is 3.09. The highest BCUT2D eigenvalue weighted by molar-refractivity contribution is 7.80. The van der Waals surface area contributed by atoms with Gasteiger partial charge in [0.15, 0.2) is 5.82 Å². The number of methoxy groups -OCH3 is 2. The first-order valence-corrected chi connectivity index (χ1v) is 6.31. The number of ether oxygens (including phenoxy) is 2. The van der Waals surface area contributed by atoms with Gasteiger partial charge in [0.2, 0.25) is 0 Å². The van der Waals surface area contributed by atoms with Crippen molar-refractivity contribution in [1.29, 1.82) is 0 Å². The highest BCUT2D eigenvalue weighted by Crippen LogP contribution is 2.18. The monoisotopic (exact) mass is 284 g/mol. The number of aromatic nitrogens is 2. The van der Waals surface area contributed by atoms with Gasteiger partial charge >= 0.3 is 0 Å². The SMILES string of the molecule is COCC(CNc1nnc(C)c(C)c1C(N)=S)OC. The third kappa shape index (κ3) is 4.09. The Labute approximate surface area is 118 Å². The normalized spacial score (nSPS) is 12.2. The second kappa shape index (κ2) is 7.32. The van der Waals surface area contributed by atoms with Crippen molar-refractivity contribution in [3.05, 3.63) is 16.8 Å². The van der Waals surface area contributed by atoms with Crippen LogP contribution in [0.4, 0.5) is 5.82 Å². The Hall–Kier alpha value is -1.31. The van der Waals surface area contributed by atoms with Crippen molar-refractivity contribution in [2.24, 2.45) is 5.73 Å². The van der Waals surface area contributed by atoms with Crippen LogP contribution in [0, 0.1) is 13.8 Å². The van der Waals surface area contributed by atoms with Gasteiger partial charge < -0.3 is 20.5 Å². The Morgan fingerprint density at radius 3 is 2.58 bits per heavy atom. The molecule has 0 aliphatic rings. The number of thiocarbonyl (C=S) groups is 1. The lowest BCUT2D eigenvalue weighted by Crippen LogP contribution is -2.28. The van der Waals surface area contributed by atoms with E-state index in [0.29, 0.717) is 24.0 Å². The first-order chi connectivity index (χ1) is 9.01. The van der Waals surface area contributed by atoms with Gasteiger partial charge in [0.05, 0.1) is 24.0 Å². The van der Waals surface area contributed by atoms with E-state index in [9.17, 15) is 0 Å². The molecule has 1 aromatic heterocycles. The Kier molecular flexibility index (Phi) is 6.07. The molecule has 0 fully saturated rings. The minimum Gasteiger partial charge on any atom is -0.389 e. The number of rotatable bonds is 7. The largest absolute Gasteiger partial charge is 0.389 e. The summed E-state index contributed by atoms with van der Waals surface area (Å²) < 4.78 is 10.3. The van der Waals surface area contributed by atoms with Crippen LogP contribution in [0.15, 0.2) is 0 Å². The maximum Gasteiger partial charge on any atom is 0.159 e. The predicted molar refractivity (Wildman–Crippen MR) is 78.6 cm³/mol. The Morgan fingerprint density at radius 2 is 2.05 bits per heavy atom. The zero-order chi connectivity index (χ0) is 14.4. The van der Waals surface area contributed by atoms with Gasteiger partial charge in [-0.05, 0) is 19.4 Å². The van der Waals surface area contributed by atoms with Crippen LogP contribution in [0.25, 0.3) is 0 Å². The summed E-state index contributed by atoms with van der Waals surface area (Å²) in [6.07, 6.45) is -0.0763. The molecule has 1 rings (SSSR count). The fraction of sp³-hybridized carbons (Fsp3) is 0.583. The molecule has 0 bridgehead atoms. The zero-order valence-electron chi connectivity index (χ0n) is 11.7. The summed E-state index contributed by atoms with van der Waals surface area (Å²) in [7, 11) is 3.26. The quantitative estimate of drug-likeness (QED) is 0.717. The molecule has 1 unspecified atom stereocenters. The smallest absolute Gasteiger partial charge is 0.159 e. The van der Waals surface area contributed by atoms with Gasteiger partial charge in [-0.15, -0.1) is 5.10 Å². The van der Waals surface area contributed by atoms with Crippen molar-refractivity contribution in [2.75, 3.05) is 32.7 Å². The van der Waals surface area contributed by atoms with E-state index in [1.165, 1.54) is 0 Å². The summed E-state index contributed by atoms with van der Waals surface area (Å²) in [5, 5.41) is 11.3. The van der Waals surface area contributed by atoms with E-state index >= 15 is 0 Å². The average molecular weight is 284 g/mol. The molecule has 1 aromatic rings. The summed E-state index contributed by atoms with van der Waals surface area (Å²) >= 11 is 5.07. The van der Waals surface area contributed by atoms with Crippen molar-refractivity contribution in [1.82, 2.24) is 10.2 Å². The molecule has 1 atom stereocenters. The predicted octanol–water partition coefficient (Wildman–Crippen LogP) is 0.801. The van der Waals surface area contributed by atoms with Crippen molar-refractivity contribution >= 4 is 23.0 Å². The lowest BCUT2D eigenvalue weighted by atomic mass is 10.1. The molecular weight excluding hydrogens is 264 g/mol. The van der Waals surface area contributed by atoms with E-state index in [0.717, 1.165) is 16.8 Å². The number of aryl methyl sites for hydroxylation is 1. The van der Waals surface area contributed by atoms with Crippen LogP contribution in [-0.4, -0.2) is 48.7 Å². The van der Waals surface area contributed by atoms with E-state index in [1.54, 1.807) is 14.2 Å². The van der Waals surface area contributed by atoms with Gasteiger partial charge in [-0.25, -0.2) is 0 Å². The van der Waals surface area contributed by atoms with E-state index < -0.39 is 0 Å². The van der Waals surface area contributed by atoms with Gasteiger partial charge in [-0.1, -0.05) is 12.2 Å². The second-order valence-corrected chi connectivity index (χ2v) is 4.63. The lowest BCUT2D eigenvalue weighted by Gasteiger charge is -2.17. The molecule has 0 saturated carbocycles. The van der Waals surface area contributed by atoms with Crippen LogP contribution in [-0.2, 0) is 9.47 Å². The third-order valence-electron chi connectivity index (χ3n) is 2.88. The topological polar surface area (TPSA) is 82.3 Å². The first-order valence-electron chi connectivity index (χ1n) is 5.90. The van der Waals surface area contributed by atoms with Crippen molar-refractivity contribution in [2.45, 2.75) is 20.0 Å². The maximum atomic E-state index is 5.75. The highest BCUT2D eigenvalue weighted by atomic mass is 32.1. The summed E-state index contributed by atoms with van der Waals surface area (Å²) in [6.45, 7) is 4.82. The maximum absolute atomic E-state index is 5.75. The number of anilines is 1. The number of nitrogens with one attached hydrogen (secondary N) is 1. The molecule has 19 heavy (non-hydrogen) atoms. The Morgan fingerprint density at radius 1 is 1.37 bits per heavy atom. The van der Waals surface area contributed by atoms with Gasteiger partial charge in [-0.2, -0.15) is 5.10 Å². The fourth-order valence-electron chi connectivity index (χ4n) is 1.64. The number of nitrogens with two attached hydrogens (primary N) is 1. The molecule has 7 heteroatoms. The summed E-state index contributed by atoms with van der Waals surface area (Å²) in [5.41, 5.74) is 8.23. The summed E-state index contributed by atoms with van der Waals surface area (Å²) in [5.74, 6) is 0.578. The molecular formula is C12H20N4O2S. The number of hydrogen-bond acceptors (Lipinski definition) is 6. The first kappa shape index (κ1) is 15.7. The fourth-order valence-corrected chi connectivity index (χ4v) is 1.89. The summed E-state index contributed by atoms with van der Waals surface area (Å²) in [6, 6.07) is 0. The minimum atomic E-state index is -0.0763. The van der Waals surface area contributed by atoms with E-state index in [4.69, 9.17) is 27.4 Å². The molecule has 0 radical (unpaired) electrons. The van der Waals surface area contributed by atoms with Crippen LogP contribution < -0.4 is 11.1 Å². The van der Waals surface area contributed by atoms with Crippen molar-refractivity contribution in [3.63, 3.8) is 0 Å². The number of hydrogen-bond donors (Lipinski definition) is 2. The standard InChI is InChI=1S/C12H20N4O2S/c1-7-8(2)15-16-12(10(7)11(13)19)14-5-9(18-4)6-17-3/h9H,5-6H2,1-4H3,(H2,13,19)(H,14,16). The highest BCUT2D eigenvalue weighted by Gasteiger charge is 2.15. The second-order valence-electron chi connectivity index (χ2n) is 4.19. The van der Waals surface area contributed by atoms with Crippen LogP contribution in [0.2, 0.25) is 0 Å². The Bertz CT molecular complexity index is 454. The minimum absolute atomic E-state index is 0.0763. The van der Waals surface area contributed by atoms with Crippen molar-refractivity contribution < 1.29 is 9.47 Å². The van der Waals surface area contributed by atoms with Crippen LogP contribution in [0.1, 0.15) is 16.8 Å². The molecule has 106 valence electrons.